The van der Waals surface area contributed by atoms with Gasteiger partial charge in [-0.2, -0.15) is 5.26 Å². The molecule has 4 aliphatic rings. The smallest absolute Gasteiger partial charge is 0.312 e. The largest absolute Gasteiger partial charge is 0.452 e. The van der Waals surface area contributed by atoms with E-state index in [1.807, 2.05) is 6.07 Å². The van der Waals surface area contributed by atoms with Gasteiger partial charge in [-0.15, -0.1) is 11.3 Å². The molecule has 4 fully saturated rings. The lowest BCUT2D eigenvalue weighted by atomic mass is 9.48. The molecule has 138 valence electrons. The van der Waals surface area contributed by atoms with Crippen molar-refractivity contribution in [3.05, 3.63) is 17.0 Å². The fraction of sp³-hybridized carbons (Fsp3) is 0.632. The van der Waals surface area contributed by atoms with E-state index >= 15 is 0 Å². The lowest BCUT2D eigenvalue weighted by Gasteiger charge is -2.58. The summed E-state index contributed by atoms with van der Waals surface area (Å²) in [6.45, 7) is 1.54. The maximum absolute atomic E-state index is 12.9. The molecule has 0 aliphatic heterocycles. The van der Waals surface area contributed by atoms with Crippen molar-refractivity contribution in [1.29, 1.82) is 5.26 Å². The molecule has 1 heterocycles. The fourth-order valence-corrected chi connectivity index (χ4v) is 6.24. The van der Waals surface area contributed by atoms with Crippen LogP contribution in [0.15, 0.2) is 11.4 Å². The number of hydrogen-bond acceptors (Lipinski definition) is 6. The first kappa shape index (κ1) is 17.5. The van der Waals surface area contributed by atoms with Crippen molar-refractivity contribution < 1.29 is 19.4 Å². The second-order valence-corrected chi connectivity index (χ2v) is 9.19. The van der Waals surface area contributed by atoms with E-state index in [0.29, 0.717) is 28.8 Å². The molecule has 5 rings (SSSR count). The molecular weight excluding hydrogens is 352 g/mol. The number of amides is 1. The molecule has 4 bridgehead atoms. The van der Waals surface area contributed by atoms with Crippen LogP contribution in [0.4, 0.5) is 5.00 Å². The number of hydrogen-bond donors (Lipinski definition) is 2. The molecule has 0 radical (unpaired) electrons. The number of rotatable bonds is 4. The number of carbonyl (C=O) groups excluding carboxylic acids is 2. The van der Waals surface area contributed by atoms with Crippen molar-refractivity contribution in [1.82, 2.24) is 0 Å². The molecule has 1 aromatic rings. The van der Waals surface area contributed by atoms with Crippen molar-refractivity contribution in [2.75, 3.05) is 5.32 Å². The normalized spacial score (nSPS) is 35.6. The summed E-state index contributed by atoms with van der Waals surface area (Å²) < 4.78 is 5.52. The Kier molecular flexibility index (Phi) is 4.08. The van der Waals surface area contributed by atoms with Gasteiger partial charge in [0.05, 0.1) is 16.6 Å². The molecule has 2 unspecified atom stereocenters. The van der Waals surface area contributed by atoms with Gasteiger partial charge >= 0.3 is 5.97 Å². The summed E-state index contributed by atoms with van der Waals surface area (Å²) >= 11 is 1.26. The van der Waals surface area contributed by atoms with Gasteiger partial charge in [0.2, 0.25) is 0 Å². The van der Waals surface area contributed by atoms with Gasteiger partial charge in [0.15, 0.2) is 6.10 Å². The maximum atomic E-state index is 12.9. The Balaban J connectivity index is 1.43. The molecule has 26 heavy (non-hydrogen) atoms. The predicted octanol–water partition coefficient (Wildman–Crippen LogP) is 2.82. The predicted molar refractivity (Wildman–Crippen MR) is 95.3 cm³/mol. The number of aliphatic hydroxyl groups is 1. The minimum Gasteiger partial charge on any atom is -0.452 e. The standard InChI is InChI=1S/C19H22N2O4S/c1-11(15(22)21-16-14(9-20)2-3-26-16)25-17(23)18-5-12-4-13(6-18)8-19(24,7-12)10-18/h2-3,11-13,24H,4-8,10H2,1H3,(H,21,22)/t11-,12-,13+,18?,19?/m1/s1. The maximum Gasteiger partial charge on any atom is 0.312 e. The highest BCUT2D eigenvalue weighted by atomic mass is 32.1. The van der Waals surface area contributed by atoms with E-state index in [-0.39, 0.29) is 5.97 Å². The lowest BCUT2D eigenvalue weighted by molar-refractivity contribution is -0.199. The molecule has 7 heteroatoms. The zero-order valence-electron chi connectivity index (χ0n) is 14.7. The second-order valence-electron chi connectivity index (χ2n) is 8.28. The minimum absolute atomic E-state index is 0.362. The molecule has 2 N–H and O–H groups in total. The molecule has 0 spiro atoms. The summed E-state index contributed by atoms with van der Waals surface area (Å²) in [5.74, 6) is -0.0513. The van der Waals surface area contributed by atoms with E-state index < -0.39 is 23.0 Å². The number of anilines is 1. The second kappa shape index (κ2) is 6.07. The van der Waals surface area contributed by atoms with Gasteiger partial charge in [-0.1, -0.05) is 0 Å². The molecule has 4 aliphatic carbocycles. The van der Waals surface area contributed by atoms with Gasteiger partial charge in [0.1, 0.15) is 11.1 Å². The highest BCUT2D eigenvalue weighted by Crippen LogP contribution is 2.62. The number of thiophene rings is 1. The number of nitrogens with one attached hydrogen (secondary N) is 1. The molecule has 5 atom stereocenters. The van der Waals surface area contributed by atoms with Gasteiger partial charge in [-0.25, -0.2) is 0 Å². The van der Waals surface area contributed by atoms with Crippen LogP contribution in [0.25, 0.3) is 0 Å². The minimum atomic E-state index is -0.946. The highest BCUT2D eigenvalue weighted by Gasteiger charge is 2.61. The fourth-order valence-electron chi connectivity index (χ4n) is 5.50. The van der Waals surface area contributed by atoms with Gasteiger partial charge in [-0.3, -0.25) is 9.59 Å². The van der Waals surface area contributed by atoms with Gasteiger partial charge < -0.3 is 15.2 Å². The van der Waals surface area contributed by atoms with Crippen LogP contribution in [0.2, 0.25) is 0 Å². The van der Waals surface area contributed by atoms with E-state index in [9.17, 15) is 14.7 Å². The topological polar surface area (TPSA) is 99.4 Å². The van der Waals surface area contributed by atoms with Crippen molar-refractivity contribution in [2.45, 2.75) is 57.2 Å². The first-order chi connectivity index (χ1) is 12.3. The molecule has 0 aromatic carbocycles. The van der Waals surface area contributed by atoms with Crippen LogP contribution in [0.1, 0.15) is 51.0 Å². The van der Waals surface area contributed by atoms with Gasteiger partial charge in [0.25, 0.3) is 5.91 Å². The number of carbonyl (C=O) groups is 2. The summed E-state index contributed by atoms with van der Waals surface area (Å²) in [6.07, 6.45) is 3.66. The first-order valence-electron chi connectivity index (χ1n) is 9.04. The molecule has 0 saturated heterocycles. The van der Waals surface area contributed by atoms with E-state index in [0.717, 1.165) is 32.1 Å². The third-order valence-electron chi connectivity index (χ3n) is 6.14. The zero-order chi connectivity index (χ0) is 18.5. The molecule has 1 aromatic heterocycles. The van der Waals surface area contributed by atoms with Crippen LogP contribution >= 0.6 is 11.3 Å². The van der Waals surface area contributed by atoms with Crippen LogP contribution in [-0.4, -0.2) is 28.7 Å². The van der Waals surface area contributed by atoms with Crippen LogP contribution in [-0.2, 0) is 14.3 Å². The van der Waals surface area contributed by atoms with Gasteiger partial charge in [0, 0.05) is 0 Å². The summed E-state index contributed by atoms with van der Waals surface area (Å²) in [4.78, 5) is 25.3. The van der Waals surface area contributed by atoms with E-state index in [1.165, 1.54) is 11.3 Å². The van der Waals surface area contributed by atoms with Gasteiger partial charge in [-0.05, 0) is 68.7 Å². The average molecular weight is 374 g/mol. The monoisotopic (exact) mass is 374 g/mol. The highest BCUT2D eigenvalue weighted by molar-refractivity contribution is 7.14. The Morgan fingerprint density at radius 3 is 2.69 bits per heavy atom. The van der Waals surface area contributed by atoms with E-state index in [1.54, 1.807) is 18.4 Å². The zero-order valence-corrected chi connectivity index (χ0v) is 15.5. The Morgan fingerprint density at radius 1 is 1.38 bits per heavy atom. The molecule has 1 amide bonds. The number of esters is 1. The summed E-state index contributed by atoms with van der Waals surface area (Å²) in [6, 6.07) is 3.65. The van der Waals surface area contributed by atoms with Crippen molar-refractivity contribution in [2.24, 2.45) is 17.3 Å². The Hall–Kier alpha value is -1.91. The van der Waals surface area contributed by atoms with Crippen LogP contribution < -0.4 is 5.32 Å². The molecule has 4 saturated carbocycles. The summed E-state index contributed by atoms with van der Waals surface area (Å²) in [5.41, 5.74) is -0.994. The SMILES string of the molecule is C[C@@H](OC(=O)C12C[C@@H]3C[C@@H](CC(O)(C3)C1)C2)C(=O)Nc1sccc1C#N. The average Bonchev–Trinajstić information content (AvgIpc) is 2.99. The van der Waals surface area contributed by atoms with Crippen molar-refractivity contribution >= 4 is 28.2 Å². The van der Waals surface area contributed by atoms with E-state index in [4.69, 9.17) is 10.00 Å². The van der Waals surface area contributed by atoms with Crippen molar-refractivity contribution in [3.8, 4) is 6.07 Å². The lowest BCUT2D eigenvalue weighted by Crippen LogP contribution is -2.59. The molecule has 6 nitrogen and oxygen atoms in total. The van der Waals surface area contributed by atoms with Crippen LogP contribution in [0.3, 0.4) is 0 Å². The summed E-state index contributed by atoms with van der Waals surface area (Å²) in [5, 5.41) is 24.6. The Bertz CT molecular complexity index is 782. The number of nitrogens with zero attached hydrogens (tertiary/aromatic N) is 1. The van der Waals surface area contributed by atoms with Crippen molar-refractivity contribution in [3.63, 3.8) is 0 Å². The summed E-state index contributed by atoms with van der Waals surface area (Å²) in [7, 11) is 0. The first-order valence-corrected chi connectivity index (χ1v) is 9.92. The third kappa shape index (κ3) is 2.91. The molecular formula is C19H22N2O4S. The quantitative estimate of drug-likeness (QED) is 0.790. The number of nitriles is 1. The van der Waals surface area contributed by atoms with Crippen LogP contribution in [0.5, 0.6) is 0 Å². The Morgan fingerprint density at radius 2 is 2.08 bits per heavy atom. The van der Waals surface area contributed by atoms with Crippen LogP contribution in [0, 0.1) is 28.6 Å². The third-order valence-corrected chi connectivity index (χ3v) is 6.97. The van der Waals surface area contributed by atoms with E-state index in [2.05, 4.69) is 5.32 Å². The number of ether oxygens (including phenoxy) is 1. The Labute approximate surface area is 156 Å².